The van der Waals surface area contributed by atoms with E-state index in [1.165, 1.54) is 32.4 Å². The van der Waals surface area contributed by atoms with Crippen molar-refractivity contribution in [2.45, 2.75) is 6.61 Å². The Morgan fingerprint density at radius 3 is 2.44 bits per heavy atom. The molecule has 27 heavy (non-hydrogen) atoms. The lowest BCUT2D eigenvalue weighted by molar-refractivity contribution is -0.384. The molecule has 0 aliphatic carbocycles. The molecule has 0 atom stereocenters. The third-order valence-electron chi connectivity index (χ3n) is 3.57. The van der Waals surface area contributed by atoms with Crippen molar-refractivity contribution in [1.82, 2.24) is 0 Å². The zero-order valence-electron chi connectivity index (χ0n) is 14.7. The van der Waals surface area contributed by atoms with Gasteiger partial charge in [0, 0.05) is 12.1 Å². The van der Waals surface area contributed by atoms with Crippen LogP contribution in [0, 0.1) is 21.4 Å². The van der Waals surface area contributed by atoms with Gasteiger partial charge in [0.1, 0.15) is 18.2 Å². The average Bonchev–Trinajstić information content (AvgIpc) is 2.70. The number of hydrogen-bond acceptors (Lipinski definition) is 7. The quantitative estimate of drug-likeness (QED) is 0.242. The van der Waals surface area contributed by atoms with Gasteiger partial charge in [-0.25, -0.2) is 4.79 Å². The van der Waals surface area contributed by atoms with Crippen LogP contribution >= 0.6 is 0 Å². The van der Waals surface area contributed by atoms with Crippen molar-refractivity contribution in [3.8, 4) is 17.6 Å². The molecule has 0 heterocycles. The van der Waals surface area contributed by atoms with Crippen molar-refractivity contribution in [3.63, 3.8) is 0 Å². The summed E-state index contributed by atoms with van der Waals surface area (Å²) in [6.07, 6.45) is 1.38. The van der Waals surface area contributed by atoms with Crippen molar-refractivity contribution in [1.29, 1.82) is 5.26 Å². The number of esters is 1. The van der Waals surface area contributed by atoms with Gasteiger partial charge in [0.05, 0.1) is 19.1 Å². The van der Waals surface area contributed by atoms with Crippen molar-refractivity contribution in [3.05, 3.63) is 69.3 Å². The summed E-state index contributed by atoms with van der Waals surface area (Å²) in [4.78, 5) is 21.7. The van der Waals surface area contributed by atoms with Gasteiger partial charge in [-0.3, -0.25) is 10.1 Å². The van der Waals surface area contributed by atoms with Crippen molar-refractivity contribution in [2.24, 2.45) is 0 Å². The molecule has 2 aromatic carbocycles. The minimum Gasteiger partial charge on any atom is -0.493 e. The standard InChI is InChI=1S/C19H16N2O6/c1-25-18-10-14(9-15(11-20)19(22)26-2)5-8-17(18)27-12-13-3-6-16(7-4-13)21(23)24/h3-10H,12H2,1-2H3. The predicted molar refractivity (Wildman–Crippen MR) is 96.0 cm³/mol. The number of nitro benzene ring substituents is 1. The minimum absolute atomic E-state index is 0.00590. The number of nitriles is 1. The molecule has 0 N–H and O–H groups in total. The molecule has 0 saturated carbocycles. The van der Waals surface area contributed by atoms with Crippen LogP contribution in [0.3, 0.4) is 0 Å². The Bertz CT molecular complexity index is 913. The van der Waals surface area contributed by atoms with E-state index in [4.69, 9.17) is 14.7 Å². The van der Waals surface area contributed by atoms with E-state index < -0.39 is 10.9 Å². The highest BCUT2D eigenvalue weighted by molar-refractivity contribution is 5.97. The molecule has 0 amide bonds. The Kier molecular flexibility index (Phi) is 6.49. The number of methoxy groups -OCH3 is 2. The molecule has 138 valence electrons. The largest absolute Gasteiger partial charge is 0.493 e. The highest BCUT2D eigenvalue weighted by atomic mass is 16.6. The van der Waals surface area contributed by atoms with Crippen LogP contribution in [0.25, 0.3) is 6.08 Å². The summed E-state index contributed by atoms with van der Waals surface area (Å²) in [5.74, 6) is 0.132. The van der Waals surface area contributed by atoms with E-state index in [2.05, 4.69) is 4.74 Å². The fourth-order valence-electron chi connectivity index (χ4n) is 2.18. The smallest absolute Gasteiger partial charge is 0.348 e. The van der Waals surface area contributed by atoms with Crippen LogP contribution in [0.5, 0.6) is 11.5 Å². The third-order valence-corrected chi connectivity index (χ3v) is 3.57. The molecule has 0 unspecified atom stereocenters. The highest BCUT2D eigenvalue weighted by Crippen LogP contribution is 2.30. The summed E-state index contributed by atoms with van der Waals surface area (Å²) in [5.41, 5.74) is 1.19. The zero-order valence-corrected chi connectivity index (χ0v) is 14.7. The van der Waals surface area contributed by atoms with E-state index >= 15 is 0 Å². The fourth-order valence-corrected chi connectivity index (χ4v) is 2.18. The van der Waals surface area contributed by atoms with Crippen LogP contribution in [0.4, 0.5) is 5.69 Å². The van der Waals surface area contributed by atoms with Gasteiger partial charge < -0.3 is 14.2 Å². The fraction of sp³-hybridized carbons (Fsp3) is 0.158. The number of ether oxygens (including phenoxy) is 3. The normalized spacial score (nSPS) is 10.6. The molecule has 0 radical (unpaired) electrons. The Hall–Kier alpha value is -3.86. The first-order valence-electron chi connectivity index (χ1n) is 7.72. The second-order valence-electron chi connectivity index (χ2n) is 5.28. The van der Waals surface area contributed by atoms with Gasteiger partial charge in [0.2, 0.25) is 0 Å². The Labute approximate surface area is 155 Å². The van der Waals surface area contributed by atoms with E-state index in [1.54, 1.807) is 36.4 Å². The summed E-state index contributed by atoms with van der Waals surface area (Å²) in [6, 6.07) is 12.7. The van der Waals surface area contributed by atoms with Gasteiger partial charge in [-0.2, -0.15) is 5.26 Å². The Balaban J connectivity index is 2.16. The number of rotatable bonds is 7. The van der Waals surface area contributed by atoms with E-state index in [0.717, 1.165) is 5.56 Å². The molecule has 2 aromatic rings. The maximum absolute atomic E-state index is 11.5. The lowest BCUT2D eigenvalue weighted by atomic mass is 10.1. The first-order valence-corrected chi connectivity index (χ1v) is 7.72. The van der Waals surface area contributed by atoms with Crippen LogP contribution in [0.1, 0.15) is 11.1 Å². The maximum atomic E-state index is 11.5. The number of carbonyl (C=O) groups is 1. The van der Waals surface area contributed by atoms with Gasteiger partial charge in [-0.05, 0) is 41.5 Å². The topological polar surface area (TPSA) is 112 Å². The van der Waals surface area contributed by atoms with Crippen molar-refractivity contribution in [2.75, 3.05) is 14.2 Å². The van der Waals surface area contributed by atoms with Crippen LogP contribution in [0.2, 0.25) is 0 Å². The summed E-state index contributed by atoms with van der Waals surface area (Å²) in [7, 11) is 2.66. The highest BCUT2D eigenvalue weighted by Gasteiger charge is 2.11. The maximum Gasteiger partial charge on any atom is 0.348 e. The molecule has 0 saturated heterocycles. The van der Waals surface area contributed by atoms with Gasteiger partial charge in [0.15, 0.2) is 11.5 Å². The molecule has 0 spiro atoms. The van der Waals surface area contributed by atoms with E-state index in [-0.39, 0.29) is 17.9 Å². The van der Waals surface area contributed by atoms with Gasteiger partial charge in [-0.1, -0.05) is 6.07 Å². The van der Waals surface area contributed by atoms with Crippen LogP contribution in [-0.2, 0) is 16.1 Å². The second kappa shape index (κ2) is 9.01. The zero-order chi connectivity index (χ0) is 19.8. The number of nitrogens with zero attached hydrogens (tertiary/aromatic N) is 2. The third kappa shape index (κ3) is 5.06. The molecule has 0 aromatic heterocycles. The van der Waals surface area contributed by atoms with Crippen molar-refractivity contribution >= 4 is 17.7 Å². The van der Waals surface area contributed by atoms with Gasteiger partial charge in [0.25, 0.3) is 5.69 Å². The van der Waals surface area contributed by atoms with Gasteiger partial charge in [-0.15, -0.1) is 0 Å². The summed E-state index contributed by atoms with van der Waals surface area (Å²) >= 11 is 0. The number of hydrogen-bond donors (Lipinski definition) is 0. The molecular formula is C19H16N2O6. The number of nitro groups is 1. The van der Waals surface area contributed by atoms with E-state index in [1.807, 2.05) is 0 Å². The van der Waals surface area contributed by atoms with Crippen LogP contribution in [0.15, 0.2) is 48.0 Å². The summed E-state index contributed by atoms with van der Waals surface area (Å²) in [6.45, 7) is 0.190. The monoisotopic (exact) mass is 368 g/mol. The van der Waals surface area contributed by atoms with E-state index in [0.29, 0.717) is 17.1 Å². The Morgan fingerprint density at radius 2 is 1.89 bits per heavy atom. The van der Waals surface area contributed by atoms with Crippen LogP contribution in [-0.4, -0.2) is 25.1 Å². The number of non-ortho nitro benzene ring substituents is 1. The van der Waals surface area contributed by atoms with E-state index in [9.17, 15) is 14.9 Å². The summed E-state index contributed by atoms with van der Waals surface area (Å²) in [5, 5.41) is 19.7. The number of carbonyl (C=O) groups excluding carboxylic acids is 1. The first kappa shape index (κ1) is 19.5. The molecule has 0 fully saturated rings. The lowest BCUT2D eigenvalue weighted by Crippen LogP contribution is -2.02. The molecular weight excluding hydrogens is 352 g/mol. The SMILES string of the molecule is COC(=O)C(C#N)=Cc1ccc(OCc2ccc([N+](=O)[O-])cc2)c(OC)c1. The molecule has 0 bridgehead atoms. The van der Waals surface area contributed by atoms with Crippen LogP contribution < -0.4 is 9.47 Å². The second-order valence-corrected chi connectivity index (χ2v) is 5.28. The predicted octanol–water partition coefficient (Wildman–Crippen LogP) is 3.26. The average molecular weight is 368 g/mol. The van der Waals surface area contributed by atoms with Gasteiger partial charge >= 0.3 is 5.97 Å². The summed E-state index contributed by atoms with van der Waals surface area (Å²) < 4.78 is 15.5. The Morgan fingerprint density at radius 1 is 1.19 bits per heavy atom. The lowest BCUT2D eigenvalue weighted by Gasteiger charge is -2.11. The molecule has 2 rings (SSSR count). The first-order chi connectivity index (χ1) is 13.0. The van der Waals surface area contributed by atoms with Crippen molar-refractivity contribution < 1.29 is 23.9 Å². The molecule has 0 aliphatic rings. The molecule has 8 heteroatoms. The minimum atomic E-state index is -0.727. The molecule has 0 aliphatic heterocycles. The molecule has 8 nitrogen and oxygen atoms in total. The number of benzene rings is 2.